The molecule has 0 unspecified atom stereocenters. The van der Waals surface area contributed by atoms with Gasteiger partial charge in [-0.2, -0.15) is 0 Å². The number of nitrogen functional groups attached to an aromatic ring is 1. The summed E-state index contributed by atoms with van der Waals surface area (Å²) >= 11 is 3.24. The van der Waals surface area contributed by atoms with Gasteiger partial charge in [0, 0.05) is 23.2 Å². The molecule has 0 bridgehead atoms. The van der Waals surface area contributed by atoms with Gasteiger partial charge in [0.2, 0.25) is 10.0 Å². The second-order valence-electron chi connectivity index (χ2n) is 3.65. The number of hydrogen-bond acceptors (Lipinski definition) is 4. The fourth-order valence-electron chi connectivity index (χ4n) is 1.25. The summed E-state index contributed by atoms with van der Waals surface area (Å²) in [5.74, 6) is -0.338. The second-order valence-corrected chi connectivity index (χ2v) is 6.40. The highest BCUT2D eigenvalue weighted by Gasteiger charge is 2.09. The van der Waals surface area contributed by atoms with E-state index >= 15 is 0 Å². The SMILES string of the molecule is CS(=O)(=O)NCCNC(=O)c1ccc(Br)cc1N.Cl. The number of rotatable bonds is 5. The van der Waals surface area contributed by atoms with Gasteiger partial charge in [0.15, 0.2) is 0 Å². The van der Waals surface area contributed by atoms with Crippen molar-refractivity contribution in [1.82, 2.24) is 10.0 Å². The topological polar surface area (TPSA) is 101 Å². The summed E-state index contributed by atoms with van der Waals surface area (Å²) in [6.07, 6.45) is 1.06. The lowest BCUT2D eigenvalue weighted by molar-refractivity contribution is 0.0955. The van der Waals surface area contributed by atoms with Gasteiger partial charge in [-0.3, -0.25) is 4.79 Å². The van der Waals surface area contributed by atoms with Gasteiger partial charge in [-0.15, -0.1) is 12.4 Å². The molecule has 0 saturated carbocycles. The molecule has 1 aromatic rings. The van der Waals surface area contributed by atoms with Crippen molar-refractivity contribution in [2.24, 2.45) is 0 Å². The molecule has 0 aromatic heterocycles. The largest absolute Gasteiger partial charge is 0.398 e. The minimum Gasteiger partial charge on any atom is -0.398 e. The maximum atomic E-state index is 11.7. The Kier molecular flexibility index (Phi) is 7.35. The molecule has 0 heterocycles. The Balaban J connectivity index is 0.00000324. The van der Waals surface area contributed by atoms with Crippen LogP contribution in [-0.2, 0) is 10.0 Å². The first-order valence-electron chi connectivity index (χ1n) is 5.07. The zero-order chi connectivity index (χ0) is 13.8. The lowest BCUT2D eigenvalue weighted by Crippen LogP contribution is -2.34. The Morgan fingerprint density at radius 3 is 2.53 bits per heavy atom. The number of halogens is 2. The van der Waals surface area contributed by atoms with Crippen LogP contribution in [0.1, 0.15) is 10.4 Å². The predicted octanol–water partition coefficient (Wildman–Crippen LogP) is 0.732. The van der Waals surface area contributed by atoms with Gasteiger partial charge < -0.3 is 11.1 Å². The predicted molar refractivity (Wildman–Crippen MR) is 81.0 cm³/mol. The first-order valence-corrected chi connectivity index (χ1v) is 7.76. The Morgan fingerprint density at radius 2 is 2.00 bits per heavy atom. The number of nitrogens with one attached hydrogen (secondary N) is 2. The van der Waals surface area contributed by atoms with Crippen molar-refractivity contribution in [3.8, 4) is 0 Å². The van der Waals surface area contributed by atoms with E-state index in [0.29, 0.717) is 11.3 Å². The molecular formula is C10H15BrClN3O3S. The van der Waals surface area contributed by atoms with Crippen LogP contribution in [0.5, 0.6) is 0 Å². The minimum absolute atomic E-state index is 0. The Hall–Kier alpha value is -0.830. The quantitative estimate of drug-likeness (QED) is 0.524. The highest BCUT2D eigenvalue weighted by molar-refractivity contribution is 9.10. The molecule has 0 fully saturated rings. The molecular weight excluding hydrogens is 358 g/mol. The number of amides is 1. The number of carbonyl (C=O) groups excluding carboxylic acids is 1. The van der Waals surface area contributed by atoms with Crippen molar-refractivity contribution in [1.29, 1.82) is 0 Å². The molecule has 0 aliphatic carbocycles. The summed E-state index contributed by atoms with van der Waals surface area (Å²) in [5.41, 5.74) is 6.41. The summed E-state index contributed by atoms with van der Waals surface area (Å²) in [5, 5.41) is 2.57. The van der Waals surface area contributed by atoms with Gasteiger partial charge in [0.05, 0.1) is 11.8 Å². The van der Waals surface area contributed by atoms with E-state index in [1.54, 1.807) is 18.2 Å². The molecule has 9 heteroatoms. The van der Waals surface area contributed by atoms with E-state index in [1.165, 1.54) is 0 Å². The van der Waals surface area contributed by atoms with E-state index in [4.69, 9.17) is 5.73 Å². The molecule has 0 spiro atoms. The number of sulfonamides is 1. The average Bonchev–Trinajstić information content (AvgIpc) is 2.22. The normalized spacial score (nSPS) is 10.6. The maximum absolute atomic E-state index is 11.7. The van der Waals surface area contributed by atoms with E-state index in [0.717, 1.165) is 10.7 Å². The van der Waals surface area contributed by atoms with Gasteiger partial charge in [-0.05, 0) is 18.2 Å². The smallest absolute Gasteiger partial charge is 0.253 e. The molecule has 6 nitrogen and oxygen atoms in total. The van der Waals surface area contributed by atoms with Crippen molar-refractivity contribution < 1.29 is 13.2 Å². The van der Waals surface area contributed by atoms with Crippen molar-refractivity contribution >= 4 is 50.0 Å². The van der Waals surface area contributed by atoms with Crippen LogP contribution in [0.3, 0.4) is 0 Å². The molecule has 1 rings (SSSR count). The monoisotopic (exact) mass is 371 g/mol. The summed E-state index contributed by atoms with van der Waals surface area (Å²) in [7, 11) is -3.23. The Bertz CT molecular complexity index is 551. The van der Waals surface area contributed by atoms with Crippen LogP contribution in [0.15, 0.2) is 22.7 Å². The van der Waals surface area contributed by atoms with Crippen LogP contribution >= 0.6 is 28.3 Å². The van der Waals surface area contributed by atoms with Crippen LogP contribution in [0, 0.1) is 0 Å². The van der Waals surface area contributed by atoms with Crippen molar-refractivity contribution in [3.05, 3.63) is 28.2 Å². The van der Waals surface area contributed by atoms with Gasteiger partial charge in [0.25, 0.3) is 5.91 Å². The number of anilines is 1. The van der Waals surface area contributed by atoms with Crippen molar-refractivity contribution in [2.45, 2.75) is 0 Å². The van der Waals surface area contributed by atoms with Gasteiger partial charge in [-0.1, -0.05) is 15.9 Å². The molecule has 1 aromatic carbocycles. The Labute approximate surface area is 126 Å². The maximum Gasteiger partial charge on any atom is 0.253 e. The number of carbonyl (C=O) groups is 1. The molecule has 0 atom stereocenters. The zero-order valence-electron chi connectivity index (χ0n) is 10.1. The fraction of sp³-hybridized carbons (Fsp3) is 0.300. The molecule has 19 heavy (non-hydrogen) atoms. The van der Waals surface area contributed by atoms with E-state index in [1.807, 2.05) is 0 Å². The standard InChI is InChI=1S/C10H14BrN3O3S.ClH/c1-18(16,17)14-5-4-13-10(15)8-3-2-7(11)6-9(8)12;/h2-3,6,14H,4-5,12H2,1H3,(H,13,15);1H. The van der Waals surface area contributed by atoms with Gasteiger partial charge in [0.1, 0.15) is 0 Å². The van der Waals surface area contributed by atoms with Gasteiger partial charge in [-0.25, -0.2) is 13.1 Å². The summed E-state index contributed by atoms with van der Waals surface area (Å²) < 4.78 is 24.6. The first kappa shape index (κ1) is 18.2. The third-order valence-corrected chi connectivity index (χ3v) is 3.25. The summed E-state index contributed by atoms with van der Waals surface area (Å²) in [6.45, 7) is 0.336. The van der Waals surface area contributed by atoms with E-state index in [-0.39, 0.29) is 31.4 Å². The fourth-order valence-corrected chi connectivity index (χ4v) is 2.10. The molecule has 4 N–H and O–H groups in total. The van der Waals surface area contributed by atoms with E-state index in [9.17, 15) is 13.2 Å². The third-order valence-electron chi connectivity index (χ3n) is 2.03. The van der Waals surface area contributed by atoms with Crippen LogP contribution in [-0.4, -0.2) is 33.7 Å². The first-order chi connectivity index (χ1) is 8.29. The van der Waals surface area contributed by atoms with Crippen LogP contribution in [0.25, 0.3) is 0 Å². The summed E-state index contributed by atoms with van der Waals surface area (Å²) in [6, 6.07) is 4.93. The van der Waals surface area contributed by atoms with E-state index < -0.39 is 10.0 Å². The van der Waals surface area contributed by atoms with Crippen molar-refractivity contribution in [3.63, 3.8) is 0 Å². The van der Waals surface area contributed by atoms with Crippen LogP contribution in [0.4, 0.5) is 5.69 Å². The summed E-state index contributed by atoms with van der Waals surface area (Å²) in [4.78, 5) is 11.7. The highest BCUT2D eigenvalue weighted by Crippen LogP contribution is 2.18. The molecule has 0 saturated heterocycles. The number of hydrogen-bond donors (Lipinski definition) is 3. The van der Waals surface area contributed by atoms with E-state index in [2.05, 4.69) is 26.0 Å². The lowest BCUT2D eigenvalue weighted by atomic mass is 10.1. The molecule has 1 amide bonds. The molecule has 0 aliphatic heterocycles. The number of benzene rings is 1. The minimum atomic E-state index is -3.23. The third kappa shape index (κ3) is 6.76. The lowest BCUT2D eigenvalue weighted by Gasteiger charge is -2.08. The molecule has 0 radical (unpaired) electrons. The highest BCUT2D eigenvalue weighted by atomic mass is 79.9. The zero-order valence-corrected chi connectivity index (χ0v) is 13.4. The molecule has 0 aliphatic rings. The van der Waals surface area contributed by atoms with Crippen molar-refractivity contribution in [2.75, 3.05) is 25.1 Å². The molecule has 108 valence electrons. The van der Waals surface area contributed by atoms with Gasteiger partial charge >= 0.3 is 0 Å². The average molecular weight is 373 g/mol. The Morgan fingerprint density at radius 1 is 1.37 bits per heavy atom. The van der Waals surface area contributed by atoms with Crippen LogP contribution < -0.4 is 15.8 Å². The second kappa shape index (κ2) is 7.68. The number of nitrogens with two attached hydrogens (primary N) is 1. The van der Waals surface area contributed by atoms with Crippen LogP contribution in [0.2, 0.25) is 0 Å².